The van der Waals surface area contributed by atoms with E-state index in [-0.39, 0.29) is 0 Å². The molecule has 0 fully saturated rings. The number of aromatic nitrogens is 3. The average Bonchev–Trinajstić information content (AvgIpc) is 2.44. The molecule has 0 aromatic carbocycles. The number of aryl methyl sites for hydroxylation is 1. The van der Waals surface area contributed by atoms with Gasteiger partial charge in [0.2, 0.25) is 0 Å². The molecule has 0 aliphatic heterocycles. The fraction of sp³-hybridized carbons (Fsp3) is 0.250. The molecule has 0 atom stereocenters. The van der Waals surface area contributed by atoms with E-state index in [1.54, 1.807) is 11.8 Å². The molecule has 12 heavy (non-hydrogen) atoms. The molecule has 0 amide bonds. The Morgan fingerprint density at radius 3 is 3.08 bits per heavy atom. The summed E-state index contributed by atoms with van der Waals surface area (Å²) in [5, 5.41) is 5.25. The van der Waals surface area contributed by atoms with Gasteiger partial charge in [-0.2, -0.15) is 5.10 Å². The van der Waals surface area contributed by atoms with Crippen molar-refractivity contribution in [1.82, 2.24) is 14.6 Å². The number of nitrogens with zero attached hydrogens (tertiary/aromatic N) is 3. The third kappa shape index (κ3) is 1.08. The van der Waals surface area contributed by atoms with Gasteiger partial charge in [-0.3, -0.25) is 0 Å². The molecule has 0 saturated heterocycles. The molecule has 2 heterocycles. The summed E-state index contributed by atoms with van der Waals surface area (Å²) in [6.07, 6.45) is 3.81. The van der Waals surface area contributed by atoms with Crippen molar-refractivity contribution in [2.24, 2.45) is 0 Å². The maximum atomic E-state index is 4.32. The fourth-order valence-electron chi connectivity index (χ4n) is 1.16. The molecule has 2 rings (SSSR count). The van der Waals surface area contributed by atoms with Crippen molar-refractivity contribution in [3.8, 4) is 0 Å². The van der Waals surface area contributed by atoms with Gasteiger partial charge in [0.05, 0.1) is 11.2 Å². The summed E-state index contributed by atoms with van der Waals surface area (Å²) in [5.41, 5.74) is 2.13. The first kappa shape index (κ1) is 7.61. The van der Waals surface area contributed by atoms with Gasteiger partial charge in [-0.25, -0.2) is 9.50 Å². The molecule has 3 nitrogen and oxygen atoms in total. The van der Waals surface area contributed by atoms with Crippen molar-refractivity contribution in [1.29, 1.82) is 0 Å². The van der Waals surface area contributed by atoms with Crippen LogP contribution in [0.15, 0.2) is 23.5 Å². The maximum absolute atomic E-state index is 4.32. The molecule has 0 aliphatic rings. The molecule has 0 saturated carbocycles. The second kappa shape index (κ2) is 2.79. The van der Waals surface area contributed by atoms with Crippen LogP contribution in [0.3, 0.4) is 0 Å². The van der Waals surface area contributed by atoms with E-state index in [0.29, 0.717) is 0 Å². The zero-order valence-electron chi connectivity index (χ0n) is 6.98. The summed E-state index contributed by atoms with van der Waals surface area (Å²) in [5.74, 6) is 0. The molecule has 0 N–H and O–H groups in total. The first-order valence-corrected chi connectivity index (χ1v) is 4.89. The summed E-state index contributed by atoms with van der Waals surface area (Å²) in [7, 11) is 0. The fourth-order valence-corrected chi connectivity index (χ4v) is 1.65. The van der Waals surface area contributed by atoms with E-state index >= 15 is 0 Å². The second-order valence-corrected chi connectivity index (χ2v) is 3.33. The maximum Gasteiger partial charge on any atom is 0.188 e. The van der Waals surface area contributed by atoms with Crippen LogP contribution in [-0.2, 0) is 0 Å². The minimum absolute atomic E-state index is 0.931. The number of fused-ring (bicyclic) bond motifs is 1. The van der Waals surface area contributed by atoms with E-state index in [0.717, 1.165) is 16.4 Å². The second-order valence-electron chi connectivity index (χ2n) is 2.55. The Bertz CT molecular complexity index is 408. The van der Waals surface area contributed by atoms with Crippen LogP contribution in [0.5, 0.6) is 0 Å². The summed E-state index contributed by atoms with van der Waals surface area (Å²) in [6, 6.07) is 4.00. The van der Waals surface area contributed by atoms with Gasteiger partial charge in [-0.05, 0) is 25.3 Å². The van der Waals surface area contributed by atoms with E-state index < -0.39 is 0 Å². The minimum atomic E-state index is 0.931. The molecule has 2 aromatic heterocycles. The Morgan fingerprint density at radius 1 is 1.50 bits per heavy atom. The standard InChI is InChI=1S/C8H9N3S/c1-6-5-7-3-4-9-8(12-2)11(7)10-6/h3-5H,1-2H3. The van der Waals surface area contributed by atoms with Crippen LogP contribution < -0.4 is 0 Å². The summed E-state index contributed by atoms with van der Waals surface area (Å²) < 4.78 is 1.86. The lowest BCUT2D eigenvalue weighted by atomic mass is 10.4. The van der Waals surface area contributed by atoms with Crippen LogP contribution in [0.2, 0.25) is 0 Å². The van der Waals surface area contributed by atoms with Gasteiger partial charge in [-0.1, -0.05) is 11.8 Å². The largest absolute Gasteiger partial charge is 0.231 e. The van der Waals surface area contributed by atoms with E-state index in [2.05, 4.69) is 10.1 Å². The lowest BCUT2D eigenvalue weighted by molar-refractivity contribution is 0.785. The zero-order chi connectivity index (χ0) is 8.55. The van der Waals surface area contributed by atoms with Crippen molar-refractivity contribution in [2.75, 3.05) is 6.26 Å². The molecule has 4 heteroatoms. The Kier molecular flexibility index (Phi) is 1.77. The molecule has 0 bridgehead atoms. The van der Waals surface area contributed by atoms with Gasteiger partial charge in [0.15, 0.2) is 5.16 Å². The molecule has 0 aliphatic carbocycles. The van der Waals surface area contributed by atoms with Gasteiger partial charge < -0.3 is 0 Å². The van der Waals surface area contributed by atoms with Crippen molar-refractivity contribution in [3.05, 3.63) is 24.0 Å². The molecule has 2 aromatic rings. The molecule has 0 spiro atoms. The van der Waals surface area contributed by atoms with Crippen LogP contribution in [0.4, 0.5) is 0 Å². The predicted octanol–water partition coefficient (Wildman–Crippen LogP) is 1.76. The van der Waals surface area contributed by atoms with Crippen LogP contribution in [-0.4, -0.2) is 20.9 Å². The monoisotopic (exact) mass is 179 g/mol. The smallest absolute Gasteiger partial charge is 0.188 e. The third-order valence-electron chi connectivity index (χ3n) is 1.65. The highest BCUT2D eigenvalue weighted by molar-refractivity contribution is 7.98. The van der Waals surface area contributed by atoms with E-state index in [4.69, 9.17) is 0 Å². The van der Waals surface area contributed by atoms with E-state index in [9.17, 15) is 0 Å². The first-order chi connectivity index (χ1) is 5.81. The summed E-state index contributed by atoms with van der Waals surface area (Å²) in [4.78, 5) is 4.20. The van der Waals surface area contributed by atoms with Crippen LogP contribution in [0.25, 0.3) is 5.52 Å². The van der Waals surface area contributed by atoms with Gasteiger partial charge in [-0.15, -0.1) is 0 Å². The van der Waals surface area contributed by atoms with Crippen molar-refractivity contribution in [2.45, 2.75) is 12.1 Å². The number of hydrogen-bond acceptors (Lipinski definition) is 3. The van der Waals surface area contributed by atoms with Gasteiger partial charge in [0.1, 0.15) is 0 Å². The molecule has 0 radical (unpaired) electrons. The minimum Gasteiger partial charge on any atom is -0.231 e. The van der Waals surface area contributed by atoms with Crippen molar-refractivity contribution >= 4 is 17.3 Å². The van der Waals surface area contributed by atoms with Gasteiger partial charge in [0, 0.05) is 6.20 Å². The van der Waals surface area contributed by atoms with Gasteiger partial charge in [0.25, 0.3) is 0 Å². The molecule has 0 unspecified atom stereocenters. The topological polar surface area (TPSA) is 30.2 Å². The quantitative estimate of drug-likeness (QED) is 0.493. The SMILES string of the molecule is CSc1nccc2cc(C)nn12. The lowest BCUT2D eigenvalue weighted by Crippen LogP contribution is -1.94. The summed E-state index contributed by atoms with van der Waals surface area (Å²) in [6.45, 7) is 1.98. The Hall–Kier alpha value is -1.03. The molecular weight excluding hydrogens is 170 g/mol. The Morgan fingerprint density at radius 2 is 2.33 bits per heavy atom. The molecular formula is C8H9N3S. The molecule has 62 valence electrons. The van der Waals surface area contributed by atoms with Crippen LogP contribution in [0.1, 0.15) is 5.69 Å². The highest BCUT2D eigenvalue weighted by Gasteiger charge is 2.01. The van der Waals surface area contributed by atoms with E-state index in [1.807, 2.05) is 36.0 Å². The zero-order valence-corrected chi connectivity index (χ0v) is 7.80. The Balaban J connectivity index is 2.78. The summed E-state index contributed by atoms with van der Waals surface area (Å²) >= 11 is 1.60. The predicted molar refractivity (Wildman–Crippen MR) is 49.5 cm³/mol. The lowest BCUT2D eigenvalue weighted by Gasteiger charge is -1.97. The van der Waals surface area contributed by atoms with Crippen molar-refractivity contribution in [3.63, 3.8) is 0 Å². The first-order valence-electron chi connectivity index (χ1n) is 3.66. The number of thioether (sulfide) groups is 1. The van der Waals surface area contributed by atoms with E-state index in [1.165, 1.54) is 0 Å². The number of hydrogen-bond donors (Lipinski definition) is 0. The van der Waals surface area contributed by atoms with Gasteiger partial charge >= 0.3 is 0 Å². The van der Waals surface area contributed by atoms with Crippen LogP contribution in [0, 0.1) is 6.92 Å². The number of rotatable bonds is 1. The third-order valence-corrected chi connectivity index (χ3v) is 2.30. The van der Waals surface area contributed by atoms with Crippen LogP contribution >= 0.6 is 11.8 Å². The normalized spacial score (nSPS) is 10.8. The van der Waals surface area contributed by atoms with Crippen molar-refractivity contribution < 1.29 is 0 Å². The highest BCUT2D eigenvalue weighted by atomic mass is 32.2. The Labute approximate surface area is 74.8 Å². The average molecular weight is 179 g/mol. The highest BCUT2D eigenvalue weighted by Crippen LogP contribution is 2.13.